The first kappa shape index (κ1) is 24.5. The first-order chi connectivity index (χ1) is 10.2. The molecule has 0 rings (SSSR count). The van der Waals surface area contributed by atoms with E-state index >= 15 is 0 Å². The smallest absolute Gasteiger partial charge is 0.356 e. The molecule has 1 unspecified atom stereocenters. The number of unbranched alkanes of at least 4 members (excludes halogenated alkanes) is 1. The maximum atomic E-state index is 12.0. The Bertz CT molecular complexity index is 362. The lowest BCUT2D eigenvalue weighted by Gasteiger charge is -2.17. The number of aliphatic imine (C=N–C) groups is 1. The molecule has 0 aliphatic heterocycles. The minimum absolute atomic E-state index is 0. The number of hydrogen-bond acceptors (Lipinski definition) is 2. The Morgan fingerprint density at radius 2 is 1.87 bits per heavy atom. The molecule has 0 heterocycles. The standard InChI is InChI=1S/C14H27F3N4O.HI/c1-5-11(2)20-13(19-10-12(22)21(3)4)18-9-7-6-8-14(15,16)17;/h11H,5-10H2,1-4H3,(H2,18,19,20);1H. The zero-order valence-electron chi connectivity index (χ0n) is 14.2. The highest BCUT2D eigenvalue weighted by atomic mass is 127. The number of nitrogens with zero attached hydrogens (tertiary/aromatic N) is 2. The van der Waals surface area contributed by atoms with Crippen LogP contribution >= 0.6 is 24.0 Å². The predicted molar refractivity (Wildman–Crippen MR) is 97.2 cm³/mol. The van der Waals surface area contributed by atoms with Crippen LogP contribution in [-0.2, 0) is 4.79 Å². The lowest BCUT2D eigenvalue weighted by Crippen LogP contribution is -2.43. The molecule has 0 fully saturated rings. The summed E-state index contributed by atoms with van der Waals surface area (Å²) in [6, 6.07) is 0.163. The second kappa shape index (κ2) is 12.7. The molecule has 1 amide bonds. The van der Waals surface area contributed by atoms with Gasteiger partial charge in [-0.1, -0.05) is 6.92 Å². The second-order valence-corrected chi connectivity index (χ2v) is 5.41. The Morgan fingerprint density at radius 3 is 2.35 bits per heavy atom. The van der Waals surface area contributed by atoms with E-state index in [4.69, 9.17) is 0 Å². The van der Waals surface area contributed by atoms with E-state index < -0.39 is 12.6 Å². The highest BCUT2D eigenvalue weighted by Gasteiger charge is 2.25. The van der Waals surface area contributed by atoms with Crippen LogP contribution in [0.4, 0.5) is 13.2 Å². The third-order valence-corrected chi connectivity index (χ3v) is 3.05. The van der Waals surface area contributed by atoms with Gasteiger partial charge in [0.1, 0.15) is 6.54 Å². The van der Waals surface area contributed by atoms with E-state index in [-0.39, 0.29) is 48.9 Å². The third-order valence-electron chi connectivity index (χ3n) is 3.05. The van der Waals surface area contributed by atoms with Gasteiger partial charge in [0.05, 0.1) is 0 Å². The molecule has 0 saturated heterocycles. The third kappa shape index (κ3) is 14.6. The molecule has 9 heteroatoms. The fraction of sp³-hybridized carbons (Fsp3) is 0.857. The molecule has 0 aromatic rings. The lowest BCUT2D eigenvalue weighted by atomic mass is 10.2. The Morgan fingerprint density at radius 1 is 1.26 bits per heavy atom. The summed E-state index contributed by atoms with van der Waals surface area (Å²) in [5, 5.41) is 6.08. The van der Waals surface area contributed by atoms with Crippen LogP contribution in [0.15, 0.2) is 4.99 Å². The van der Waals surface area contributed by atoms with Gasteiger partial charge in [0.25, 0.3) is 0 Å². The number of carbonyl (C=O) groups excluding carboxylic acids is 1. The number of amides is 1. The molecule has 0 spiro atoms. The maximum absolute atomic E-state index is 12.0. The molecule has 23 heavy (non-hydrogen) atoms. The van der Waals surface area contributed by atoms with Gasteiger partial charge >= 0.3 is 6.18 Å². The lowest BCUT2D eigenvalue weighted by molar-refractivity contribution is -0.135. The van der Waals surface area contributed by atoms with Gasteiger partial charge in [-0.3, -0.25) is 4.79 Å². The average molecular weight is 452 g/mol. The zero-order valence-corrected chi connectivity index (χ0v) is 16.5. The minimum Gasteiger partial charge on any atom is -0.356 e. The van der Waals surface area contributed by atoms with Crippen LogP contribution in [-0.4, -0.2) is 56.2 Å². The fourth-order valence-electron chi connectivity index (χ4n) is 1.43. The van der Waals surface area contributed by atoms with Crippen molar-refractivity contribution < 1.29 is 18.0 Å². The number of alkyl halides is 3. The number of guanidine groups is 1. The summed E-state index contributed by atoms with van der Waals surface area (Å²) in [6.07, 6.45) is -3.55. The van der Waals surface area contributed by atoms with Gasteiger partial charge in [-0.05, 0) is 26.2 Å². The van der Waals surface area contributed by atoms with Crippen molar-refractivity contribution in [2.75, 3.05) is 27.2 Å². The fourth-order valence-corrected chi connectivity index (χ4v) is 1.43. The number of nitrogens with one attached hydrogen (secondary N) is 2. The van der Waals surface area contributed by atoms with Crippen molar-refractivity contribution in [3.05, 3.63) is 0 Å². The van der Waals surface area contributed by atoms with Gasteiger partial charge in [0, 0.05) is 33.1 Å². The van der Waals surface area contributed by atoms with E-state index in [2.05, 4.69) is 15.6 Å². The summed E-state index contributed by atoms with van der Waals surface area (Å²) < 4.78 is 36.1. The van der Waals surface area contributed by atoms with Crippen molar-refractivity contribution >= 4 is 35.8 Å². The van der Waals surface area contributed by atoms with Gasteiger partial charge in [0.15, 0.2) is 5.96 Å². The van der Waals surface area contributed by atoms with Crippen molar-refractivity contribution in [2.45, 2.75) is 51.7 Å². The van der Waals surface area contributed by atoms with E-state index in [9.17, 15) is 18.0 Å². The summed E-state index contributed by atoms with van der Waals surface area (Å²) in [4.78, 5) is 17.1. The Kier molecular flexibility index (Phi) is 13.5. The van der Waals surface area contributed by atoms with Crippen LogP contribution in [0.3, 0.4) is 0 Å². The molecule has 2 N–H and O–H groups in total. The van der Waals surface area contributed by atoms with E-state index in [0.717, 1.165) is 6.42 Å². The number of carbonyl (C=O) groups is 1. The van der Waals surface area contributed by atoms with E-state index in [1.165, 1.54) is 4.90 Å². The number of halogens is 4. The molecule has 1 atom stereocenters. The molecule has 0 bridgehead atoms. The quantitative estimate of drug-likeness (QED) is 0.258. The van der Waals surface area contributed by atoms with Gasteiger partial charge < -0.3 is 15.5 Å². The van der Waals surface area contributed by atoms with Crippen molar-refractivity contribution in [2.24, 2.45) is 4.99 Å². The second-order valence-electron chi connectivity index (χ2n) is 5.41. The molecule has 0 aromatic heterocycles. The summed E-state index contributed by atoms with van der Waals surface area (Å²) >= 11 is 0. The predicted octanol–water partition coefficient (Wildman–Crippen LogP) is 2.76. The molecular weight excluding hydrogens is 424 g/mol. The van der Waals surface area contributed by atoms with Gasteiger partial charge in [-0.15, -0.1) is 24.0 Å². The molecule has 0 saturated carbocycles. The van der Waals surface area contributed by atoms with Gasteiger partial charge in [-0.25, -0.2) is 4.99 Å². The van der Waals surface area contributed by atoms with Crippen molar-refractivity contribution in [3.8, 4) is 0 Å². The monoisotopic (exact) mass is 452 g/mol. The SMILES string of the molecule is CCC(C)NC(=NCC(=O)N(C)C)NCCCCC(F)(F)F.I. The van der Waals surface area contributed by atoms with Crippen molar-refractivity contribution in [1.29, 1.82) is 0 Å². The molecule has 0 aliphatic rings. The van der Waals surface area contributed by atoms with E-state index in [1.807, 2.05) is 13.8 Å². The topological polar surface area (TPSA) is 56.7 Å². The molecule has 0 aromatic carbocycles. The van der Waals surface area contributed by atoms with E-state index in [0.29, 0.717) is 18.9 Å². The highest BCUT2D eigenvalue weighted by molar-refractivity contribution is 14.0. The Balaban J connectivity index is 0. The van der Waals surface area contributed by atoms with Crippen molar-refractivity contribution in [1.82, 2.24) is 15.5 Å². The molecule has 5 nitrogen and oxygen atoms in total. The Labute approximate surface area is 153 Å². The van der Waals surface area contributed by atoms with Crippen LogP contribution in [0.2, 0.25) is 0 Å². The van der Waals surface area contributed by atoms with Crippen LogP contribution in [0, 0.1) is 0 Å². The average Bonchev–Trinajstić information content (AvgIpc) is 2.41. The molecular formula is C14H28F3IN4O. The summed E-state index contributed by atoms with van der Waals surface area (Å²) in [7, 11) is 3.29. The summed E-state index contributed by atoms with van der Waals surface area (Å²) in [5.74, 6) is 0.318. The molecule has 138 valence electrons. The van der Waals surface area contributed by atoms with Crippen LogP contribution < -0.4 is 10.6 Å². The molecule has 0 aliphatic carbocycles. The van der Waals surface area contributed by atoms with Crippen LogP contribution in [0.25, 0.3) is 0 Å². The zero-order chi connectivity index (χ0) is 17.2. The number of rotatable bonds is 8. The Hall–Kier alpha value is -0.740. The summed E-state index contributed by atoms with van der Waals surface area (Å²) in [5.41, 5.74) is 0. The first-order valence-corrected chi connectivity index (χ1v) is 7.47. The number of likely N-dealkylation sites (N-methyl/N-ethyl adjacent to an activating group) is 1. The maximum Gasteiger partial charge on any atom is 0.389 e. The van der Waals surface area contributed by atoms with Gasteiger partial charge in [-0.2, -0.15) is 13.2 Å². The summed E-state index contributed by atoms with van der Waals surface area (Å²) in [6.45, 7) is 4.36. The minimum atomic E-state index is -4.11. The van der Waals surface area contributed by atoms with E-state index in [1.54, 1.807) is 14.1 Å². The normalized spacial score (nSPS) is 13.1. The van der Waals surface area contributed by atoms with Crippen molar-refractivity contribution in [3.63, 3.8) is 0 Å². The largest absolute Gasteiger partial charge is 0.389 e. The molecule has 0 radical (unpaired) electrons. The highest BCUT2D eigenvalue weighted by Crippen LogP contribution is 2.21. The first-order valence-electron chi connectivity index (χ1n) is 7.47. The van der Waals surface area contributed by atoms with Crippen LogP contribution in [0.5, 0.6) is 0 Å². The van der Waals surface area contributed by atoms with Gasteiger partial charge in [0.2, 0.25) is 5.91 Å². The number of hydrogen-bond donors (Lipinski definition) is 2. The van der Waals surface area contributed by atoms with Crippen LogP contribution in [0.1, 0.15) is 39.5 Å².